The maximum atomic E-state index is 10.5. The van der Waals surface area contributed by atoms with Crippen molar-refractivity contribution in [3.8, 4) is 0 Å². The molecule has 2 aromatic rings. The van der Waals surface area contributed by atoms with Crippen LogP contribution in [-0.4, -0.2) is 5.11 Å². The van der Waals surface area contributed by atoms with Gasteiger partial charge in [-0.1, -0.05) is 66.7 Å². The number of benzene rings is 2. The number of allylic oxidation sites excluding steroid dienone is 1. The van der Waals surface area contributed by atoms with Gasteiger partial charge in [0.1, 0.15) is 0 Å². The minimum absolute atomic E-state index is 0.0612. The molecule has 0 aliphatic heterocycles. The average Bonchev–Trinajstić information content (AvgIpc) is 2.46. The van der Waals surface area contributed by atoms with Gasteiger partial charge in [-0.25, -0.2) is 0 Å². The molecular weight excluding hydrogens is 220 g/mol. The fraction of sp³-hybridized carbons (Fsp3) is 0.176. The average molecular weight is 238 g/mol. The van der Waals surface area contributed by atoms with Crippen molar-refractivity contribution in [1.29, 1.82) is 0 Å². The maximum Gasteiger partial charge on any atom is 0.0861 e. The number of rotatable bonds is 5. The number of aliphatic hydroxyl groups excluding tert-OH is 1. The van der Waals surface area contributed by atoms with Crippen LogP contribution >= 0.6 is 0 Å². The second-order valence-electron chi connectivity index (χ2n) is 4.40. The molecule has 0 radical (unpaired) electrons. The van der Waals surface area contributed by atoms with Gasteiger partial charge in [0.25, 0.3) is 0 Å². The van der Waals surface area contributed by atoms with E-state index < -0.39 is 6.10 Å². The van der Waals surface area contributed by atoms with Crippen LogP contribution in [0.5, 0.6) is 0 Å². The van der Waals surface area contributed by atoms with Crippen LogP contribution in [0.15, 0.2) is 73.3 Å². The quantitative estimate of drug-likeness (QED) is 0.778. The third-order valence-corrected chi connectivity index (χ3v) is 3.17. The Labute approximate surface area is 108 Å². The Morgan fingerprint density at radius 1 is 0.889 bits per heavy atom. The first-order valence-corrected chi connectivity index (χ1v) is 6.21. The summed E-state index contributed by atoms with van der Waals surface area (Å²) in [4.78, 5) is 0. The Kier molecular flexibility index (Phi) is 4.32. The van der Waals surface area contributed by atoms with Crippen LogP contribution in [0.1, 0.15) is 29.6 Å². The molecule has 0 fully saturated rings. The second kappa shape index (κ2) is 6.18. The molecule has 0 heterocycles. The van der Waals surface area contributed by atoms with E-state index in [0.29, 0.717) is 0 Å². The molecule has 0 bridgehead atoms. The summed E-state index contributed by atoms with van der Waals surface area (Å²) in [5, 5.41) is 10.5. The first kappa shape index (κ1) is 12.6. The van der Waals surface area contributed by atoms with E-state index in [4.69, 9.17) is 0 Å². The molecule has 2 aromatic carbocycles. The van der Waals surface area contributed by atoms with E-state index in [-0.39, 0.29) is 5.92 Å². The fourth-order valence-electron chi connectivity index (χ4n) is 2.21. The zero-order chi connectivity index (χ0) is 12.8. The summed E-state index contributed by atoms with van der Waals surface area (Å²) in [7, 11) is 0. The van der Waals surface area contributed by atoms with E-state index in [1.807, 2.05) is 54.6 Å². The van der Waals surface area contributed by atoms with Crippen LogP contribution in [-0.2, 0) is 0 Å². The van der Waals surface area contributed by atoms with E-state index in [0.717, 1.165) is 17.5 Å². The highest BCUT2D eigenvalue weighted by molar-refractivity contribution is 5.27. The summed E-state index contributed by atoms with van der Waals surface area (Å²) in [5.74, 6) is 0.0612. The molecule has 2 rings (SSSR count). The number of hydrogen-bond acceptors (Lipinski definition) is 1. The normalized spacial score (nSPS) is 13.8. The highest BCUT2D eigenvalue weighted by Gasteiger charge is 2.21. The first-order valence-electron chi connectivity index (χ1n) is 6.21. The molecule has 1 N–H and O–H groups in total. The van der Waals surface area contributed by atoms with Crippen LogP contribution in [0, 0.1) is 0 Å². The van der Waals surface area contributed by atoms with Gasteiger partial charge < -0.3 is 5.11 Å². The van der Waals surface area contributed by atoms with Crippen LogP contribution in [0.25, 0.3) is 0 Å². The largest absolute Gasteiger partial charge is 0.388 e. The molecule has 0 aromatic heterocycles. The number of hydrogen-bond donors (Lipinski definition) is 1. The van der Waals surface area contributed by atoms with E-state index in [2.05, 4.69) is 18.7 Å². The van der Waals surface area contributed by atoms with Gasteiger partial charge >= 0.3 is 0 Å². The molecular formula is C17H18O. The van der Waals surface area contributed by atoms with Crippen molar-refractivity contribution in [1.82, 2.24) is 0 Å². The van der Waals surface area contributed by atoms with Gasteiger partial charge in [0.05, 0.1) is 6.10 Å². The van der Waals surface area contributed by atoms with Crippen LogP contribution in [0.4, 0.5) is 0 Å². The minimum atomic E-state index is -0.494. The van der Waals surface area contributed by atoms with Gasteiger partial charge in [-0.15, -0.1) is 6.58 Å². The molecule has 0 saturated carbocycles. The molecule has 1 nitrogen and oxygen atoms in total. The predicted molar refractivity (Wildman–Crippen MR) is 75.4 cm³/mol. The smallest absolute Gasteiger partial charge is 0.0861 e. The molecule has 0 saturated heterocycles. The van der Waals surface area contributed by atoms with Crippen molar-refractivity contribution in [2.45, 2.75) is 18.4 Å². The molecule has 0 aliphatic carbocycles. The van der Waals surface area contributed by atoms with Crippen molar-refractivity contribution in [2.24, 2.45) is 0 Å². The highest BCUT2D eigenvalue weighted by Crippen LogP contribution is 2.33. The molecule has 0 aliphatic rings. The monoisotopic (exact) mass is 238 g/mol. The lowest BCUT2D eigenvalue weighted by Crippen LogP contribution is -2.10. The summed E-state index contributed by atoms with van der Waals surface area (Å²) >= 11 is 0. The van der Waals surface area contributed by atoms with E-state index >= 15 is 0 Å². The lowest BCUT2D eigenvalue weighted by atomic mass is 9.87. The zero-order valence-electron chi connectivity index (χ0n) is 10.4. The van der Waals surface area contributed by atoms with Crippen LogP contribution < -0.4 is 0 Å². The van der Waals surface area contributed by atoms with Gasteiger partial charge in [0, 0.05) is 5.92 Å². The highest BCUT2D eigenvalue weighted by atomic mass is 16.3. The number of aliphatic hydroxyl groups is 1. The SMILES string of the molecule is C=CC[C@H](c1ccccc1)[C@H](O)c1ccccc1. The van der Waals surface area contributed by atoms with Crippen molar-refractivity contribution in [3.63, 3.8) is 0 Å². The maximum absolute atomic E-state index is 10.5. The molecule has 2 atom stereocenters. The van der Waals surface area contributed by atoms with Gasteiger partial charge in [0.2, 0.25) is 0 Å². The van der Waals surface area contributed by atoms with E-state index in [1.165, 1.54) is 0 Å². The first-order chi connectivity index (χ1) is 8.83. The van der Waals surface area contributed by atoms with Gasteiger partial charge in [-0.3, -0.25) is 0 Å². The standard InChI is InChI=1S/C17H18O/c1-2-9-16(14-10-5-3-6-11-14)17(18)15-12-7-4-8-13-15/h2-8,10-13,16-18H,1,9H2/t16-,17-/m1/s1. The zero-order valence-corrected chi connectivity index (χ0v) is 10.4. The Hall–Kier alpha value is -1.86. The van der Waals surface area contributed by atoms with Crippen LogP contribution in [0.3, 0.4) is 0 Å². The molecule has 0 unspecified atom stereocenters. The van der Waals surface area contributed by atoms with Gasteiger partial charge in [-0.2, -0.15) is 0 Å². The summed E-state index contributed by atoms with van der Waals surface area (Å²) in [6, 6.07) is 19.9. The minimum Gasteiger partial charge on any atom is -0.388 e. The Morgan fingerprint density at radius 2 is 1.39 bits per heavy atom. The molecule has 0 amide bonds. The summed E-state index contributed by atoms with van der Waals surface area (Å²) in [6.45, 7) is 3.79. The lowest BCUT2D eigenvalue weighted by molar-refractivity contribution is 0.145. The third kappa shape index (κ3) is 2.88. The van der Waals surface area contributed by atoms with Crippen molar-refractivity contribution >= 4 is 0 Å². The second-order valence-corrected chi connectivity index (χ2v) is 4.40. The van der Waals surface area contributed by atoms with Crippen molar-refractivity contribution in [3.05, 3.63) is 84.4 Å². The molecule has 92 valence electrons. The lowest BCUT2D eigenvalue weighted by Gasteiger charge is -2.22. The summed E-state index contributed by atoms with van der Waals surface area (Å²) < 4.78 is 0. The predicted octanol–water partition coefficient (Wildman–Crippen LogP) is 4.08. The van der Waals surface area contributed by atoms with Crippen molar-refractivity contribution in [2.75, 3.05) is 0 Å². The topological polar surface area (TPSA) is 20.2 Å². The molecule has 0 spiro atoms. The van der Waals surface area contributed by atoms with E-state index in [9.17, 15) is 5.11 Å². The Morgan fingerprint density at radius 3 is 1.89 bits per heavy atom. The molecule has 18 heavy (non-hydrogen) atoms. The summed E-state index contributed by atoms with van der Waals surface area (Å²) in [5.41, 5.74) is 2.10. The Bertz CT molecular complexity index is 475. The Balaban J connectivity index is 2.28. The molecule has 1 heteroatoms. The van der Waals surface area contributed by atoms with Gasteiger partial charge in [0.15, 0.2) is 0 Å². The van der Waals surface area contributed by atoms with Crippen molar-refractivity contribution < 1.29 is 5.11 Å². The third-order valence-electron chi connectivity index (χ3n) is 3.17. The van der Waals surface area contributed by atoms with Gasteiger partial charge in [-0.05, 0) is 17.5 Å². The fourth-order valence-corrected chi connectivity index (χ4v) is 2.21. The van der Waals surface area contributed by atoms with E-state index in [1.54, 1.807) is 0 Å². The summed E-state index contributed by atoms with van der Waals surface area (Å²) in [6.07, 6.45) is 2.13. The van der Waals surface area contributed by atoms with Crippen LogP contribution in [0.2, 0.25) is 0 Å².